The molecule has 2 unspecified atom stereocenters. The van der Waals surface area contributed by atoms with Crippen LogP contribution in [-0.2, 0) is 0 Å². The van der Waals surface area contributed by atoms with Gasteiger partial charge in [0.1, 0.15) is 11.3 Å². The molecule has 0 spiro atoms. The first kappa shape index (κ1) is 13.3. The molecule has 14 heavy (non-hydrogen) atoms. The SMILES string of the molecule is C=NC(N)(C(C)C)C(N)(N=C)C(C)C. The predicted molar refractivity (Wildman–Crippen MR) is 62.6 cm³/mol. The molecule has 4 N–H and O–H groups in total. The van der Waals surface area contributed by atoms with Crippen LogP contribution in [0.15, 0.2) is 9.98 Å². The highest BCUT2D eigenvalue weighted by Crippen LogP contribution is 2.33. The van der Waals surface area contributed by atoms with Gasteiger partial charge in [-0.2, -0.15) is 0 Å². The Morgan fingerprint density at radius 1 is 0.857 bits per heavy atom. The maximum absolute atomic E-state index is 6.14. The van der Waals surface area contributed by atoms with Crippen molar-refractivity contribution in [1.82, 2.24) is 0 Å². The van der Waals surface area contributed by atoms with Gasteiger partial charge in [0.2, 0.25) is 0 Å². The summed E-state index contributed by atoms with van der Waals surface area (Å²) < 4.78 is 0. The van der Waals surface area contributed by atoms with Crippen molar-refractivity contribution >= 4 is 13.4 Å². The van der Waals surface area contributed by atoms with Crippen molar-refractivity contribution in [1.29, 1.82) is 0 Å². The topological polar surface area (TPSA) is 76.8 Å². The Labute approximate surface area is 86.5 Å². The van der Waals surface area contributed by atoms with Crippen LogP contribution in [-0.4, -0.2) is 24.8 Å². The second-order valence-electron chi connectivity index (χ2n) is 4.28. The first-order chi connectivity index (χ1) is 6.26. The van der Waals surface area contributed by atoms with Gasteiger partial charge in [-0.25, -0.2) is 0 Å². The largest absolute Gasteiger partial charge is 0.304 e. The van der Waals surface area contributed by atoms with Gasteiger partial charge in [-0.3, -0.25) is 9.98 Å². The van der Waals surface area contributed by atoms with E-state index in [1.807, 2.05) is 27.7 Å². The van der Waals surface area contributed by atoms with Gasteiger partial charge in [-0.15, -0.1) is 0 Å². The number of nitrogens with two attached hydrogens (primary N) is 2. The van der Waals surface area contributed by atoms with Gasteiger partial charge in [-0.1, -0.05) is 27.7 Å². The standard InChI is InChI=1S/C10H22N4/c1-7(2)9(11,13-5)10(12,14-6)8(3)4/h7-8H,5-6,11-12H2,1-4H3. The van der Waals surface area contributed by atoms with E-state index in [9.17, 15) is 0 Å². The number of hydrogen-bond donors (Lipinski definition) is 2. The fourth-order valence-corrected chi connectivity index (χ4v) is 1.54. The van der Waals surface area contributed by atoms with Gasteiger partial charge in [-0.05, 0) is 25.3 Å². The fourth-order valence-electron chi connectivity index (χ4n) is 1.54. The minimum absolute atomic E-state index is 0.0536. The number of aliphatic imine (C=N–C) groups is 2. The molecule has 4 nitrogen and oxygen atoms in total. The Bertz CT molecular complexity index is 200. The van der Waals surface area contributed by atoms with Crippen molar-refractivity contribution in [2.24, 2.45) is 33.3 Å². The average Bonchev–Trinajstić information content (AvgIpc) is 2.14. The summed E-state index contributed by atoms with van der Waals surface area (Å²) in [5, 5.41) is 0. The molecular weight excluding hydrogens is 176 g/mol. The average molecular weight is 198 g/mol. The molecule has 0 aromatic carbocycles. The van der Waals surface area contributed by atoms with Crippen LogP contribution < -0.4 is 11.5 Å². The normalized spacial score (nSPS) is 20.3. The Morgan fingerprint density at radius 2 is 1.07 bits per heavy atom. The van der Waals surface area contributed by atoms with E-state index < -0.39 is 11.3 Å². The first-order valence-corrected chi connectivity index (χ1v) is 4.79. The molecule has 0 saturated carbocycles. The van der Waals surface area contributed by atoms with Crippen LogP contribution >= 0.6 is 0 Å². The number of rotatable bonds is 5. The van der Waals surface area contributed by atoms with E-state index in [-0.39, 0.29) is 11.8 Å². The van der Waals surface area contributed by atoms with Crippen molar-refractivity contribution in [3.8, 4) is 0 Å². The Kier molecular flexibility index (Phi) is 3.97. The third kappa shape index (κ3) is 1.72. The molecular formula is C10H22N4. The monoisotopic (exact) mass is 198 g/mol. The Balaban J connectivity index is 5.37. The van der Waals surface area contributed by atoms with Gasteiger partial charge in [0.25, 0.3) is 0 Å². The van der Waals surface area contributed by atoms with E-state index in [0.29, 0.717) is 0 Å². The van der Waals surface area contributed by atoms with Gasteiger partial charge >= 0.3 is 0 Å². The van der Waals surface area contributed by atoms with E-state index in [1.54, 1.807) is 0 Å². The second kappa shape index (κ2) is 4.19. The van der Waals surface area contributed by atoms with Crippen molar-refractivity contribution in [3.05, 3.63) is 0 Å². The van der Waals surface area contributed by atoms with E-state index in [1.165, 1.54) is 0 Å². The van der Waals surface area contributed by atoms with Crippen LogP contribution in [0, 0.1) is 11.8 Å². The van der Waals surface area contributed by atoms with Gasteiger partial charge < -0.3 is 11.5 Å². The van der Waals surface area contributed by atoms with Crippen molar-refractivity contribution in [2.45, 2.75) is 39.0 Å². The van der Waals surface area contributed by atoms with E-state index in [4.69, 9.17) is 11.5 Å². The van der Waals surface area contributed by atoms with Gasteiger partial charge in [0.05, 0.1) is 0 Å². The van der Waals surface area contributed by atoms with Crippen molar-refractivity contribution in [2.75, 3.05) is 0 Å². The van der Waals surface area contributed by atoms with Crippen LogP contribution in [0.3, 0.4) is 0 Å². The minimum atomic E-state index is -0.969. The molecule has 2 atom stereocenters. The quantitative estimate of drug-likeness (QED) is 0.647. The Hall–Kier alpha value is -0.740. The van der Waals surface area contributed by atoms with Crippen LogP contribution in [0.1, 0.15) is 27.7 Å². The zero-order valence-electron chi connectivity index (χ0n) is 9.62. The second-order valence-corrected chi connectivity index (χ2v) is 4.28. The smallest absolute Gasteiger partial charge is 0.148 e. The molecule has 0 aromatic rings. The lowest BCUT2D eigenvalue weighted by atomic mass is 9.78. The summed E-state index contributed by atoms with van der Waals surface area (Å²) in [5.74, 6) is 0.107. The summed E-state index contributed by atoms with van der Waals surface area (Å²) in [4.78, 5) is 7.91. The molecule has 0 amide bonds. The summed E-state index contributed by atoms with van der Waals surface area (Å²) >= 11 is 0. The lowest BCUT2D eigenvalue weighted by Gasteiger charge is -2.45. The third-order valence-electron chi connectivity index (χ3n) is 2.93. The minimum Gasteiger partial charge on any atom is -0.304 e. The molecule has 0 saturated heterocycles. The molecule has 0 fully saturated rings. The lowest BCUT2D eigenvalue weighted by Crippen LogP contribution is -2.68. The molecule has 0 aliphatic rings. The molecule has 0 bridgehead atoms. The first-order valence-electron chi connectivity index (χ1n) is 4.79. The van der Waals surface area contributed by atoms with Crippen LogP contribution in [0.4, 0.5) is 0 Å². The summed E-state index contributed by atoms with van der Waals surface area (Å²) in [5.41, 5.74) is 10.3. The molecule has 0 heterocycles. The van der Waals surface area contributed by atoms with E-state index >= 15 is 0 Å². The maximum Gasteiger partial charge on any atom is 0.148 e. The summed E-state index contributed by atoms with van der Waals surface area (Å²) in [6.07, 6.45) is 0. The highest BCUT2D eigenvalue weighted by atomic mass is 15.2. The fraction of sp³-hybridized carbons (Fsp3) is 0.800. The van der Waals surface area contributed by atoms with Crippen LogP contribution in [0.5, 0.6) is 0 Å². The van der Waals surface area contributed by atoms with Crippen molar-refractivity contribution in [3.63, 3.8) is 0 Å². The van der Waals surface area contributed by atoms with Gasteiger partial charge in [0, 0.05) is 0 Å². The predicted octanol–water partition coefficient (Wildman–Crippen LogP) is 1.01. The zero-order valence-corrected chi connectivity index (χ0v) is 9.62. The molecule has 0 aliphatic carbocycles. The number of hydrogen-bond acceptors (Lipinski definition) is 4. The highest BCUT2D eigenvalue weighted by Gasteiger charge is 2.49. The summed E-state index contributed by atoms with van der Waals surface area (Å²) in [7, 11) is 0. The third-order valence-corrected chi connectivity index (χ3v) is 2.93. The molecule has 0 aliphatic heterocycles. The summed E-state index contributed by atoms with van der Waals surface area (Å²) in [6.45, 7) is 14.8. The van der Waals surface area contributed by atoms with Crippen LogP contribution in [0.25, 0.3) is 0 Å². The van der Waals surface area contributed by atoms with E-state index in [2.05, 4.69) is 23.4 Å². The lowest BCUT2D eigenvalue weighted by molar-refractivity contribution is 0.127. The molecule has 82 valence electrons. The van der Waals surface area contributed by atoms with E-state index in [0.717, 1.165) is 0 Å². The van der Waals surface area contributed by atoms with Crippen molar-refractivity contribution < 1.29 is 0 Å². The Morgan fingerprint density at radius 3 is 1.14 bits per heavy atom. The maximum atomic E-state index is 6.14. The molecule has 4 heteroatoms. The number of nitrogens with zero attached hydrogens (tertiary/aromatic N) is 2. The molecule has 0 rings (SSSR count). The summed E-state index contributed by atoms with van der Waals surface area (Å²) in [6, 6.07) is 0. The van der Waals surface area contributed by atoms with Gasteiger partial charge in [0.15, 0.2) is 0 Å². The highest BCUT2D eigenvalue weighted by molar-refractivity contribution is 5.32. The molecule has 0 radical (unpaired) electrons. The zero-order chi connectivity index (χ0) is 11.6. The molecule has 0 aromatic heterocycles. The van der Waals surface area contributed by atoms with Crippen LogP contribution in [0.2, 0.25) is 0 Å².